The van der Waals surface area contributed by atoms with Crippen molar-refractivity contribution in [3.8, 4) is 17.2 Å². The van der Waals surface area contributed by atoms with Crippen molar-refractivity contribution in [3.05, 3.63) is 75.8 Å². The molecule has 2 aromatic carbocycles. The predicted molar refractivity (Wildman–Crippen MR) is 117 cm³/mol. The van der Waals surface area contributed by atoms with Gasteiger partial charge in [-0.15, -0.1) is 11.8 Å². The van der Waals surface area contributed by atoms with E-state index in [1.54, 1.807) is 32.9 Å². The smallest absolute Gasteiger partial charge is 0.348 e. The summed E-state index contributed by atoms with van der Waals surface area (Å²) in [6, 6.07) is 14.9. The van der Waals surface area contributed by atoms with Crippen molar-refractivity contribution in [3.63, 3.8) is 0 Å². The number of fused-ring (bicyclic) bond motifs is 1. The number of hydrogen-bond acceptors (Lipinski definition) is 7. The lowest BCUT2D eigenvalue weighted by Crippen LogP contribution is -2.17. The van der Waals surface area contributed by atoms with Gasteiger partial charge in [-0.25, -0.2) is 4.79 Å². The van der Waals surface area contributed by atoms with Gasteiger partial charge in [0.15, 0.2) is 11.5 Å². The molecule has 30 heavy (non-hydrogen) atoms. The molecule has 1 aliphatic rings. The number of aromatic hydroxyl groups is 1. The molecule has 3 aromatic rings. The molecule has 154 valence electrons. The predicted octanol–water partition coefficient (Wildman–Crippen LogP) is 5.03. The van der Waals surface area contributed by atoms with Gasteiger partial charge in [0.2, 0.25) is 0 Å². The number of nitrogens with zero attached hydrogens (tertiary/aromatic N) is 1. The molecule has 1 aliphatic heterocycles. The molecule has 0 aliphatic carbocycles. The standard InChI is InChI=1S/C23H21NO5S/c1-13-10-17(25)22(23(26)29-13)16-12-21(30-20-7-5-4-6-15(20)24-16)14-8-9-18(27-2)19(11-14)28-3/h4-11,21,25H,12H2,1-3H3/t21-/m1/s1. The van der Waals surface area contributed by atoms with Crippen LogP contribution in [0.1, 0.15) is 28.6 Å². The highest BCUT2D eigenvalue weighted by molar-refractivity contribution is 7.99. The number of benzene rings is 2. The summed E-state index contributed by atoms with van der Waals surface area (Å²) in [4.78, 5) is 18.3. The number of para-hydroxylation sites is 1. The molecule has 4 rings (SSSR count). The topological polar surface area (TPSA) is 81.3 Å². The van der Waals surface area contributed by atoms with E-state index in [-0.39, 0.29) is 16.6 Å². The maximum Gasteiger partial charge on any atom is 0.348 e. The van der Waals surface area contributed by atoms with E-state index in [0.29, 0.717) is 29.4 Å². The number of ether oxygens (including phenoxy) is 2. The summed E-state index contributed by atoms with van der Waals surface area (Å²) in [5.74, 6) is 1.50. The first-order valence-electron chi connectivity index (χ1n) is 9.39. The highest BCUT2D eigenvalue weighted by Gasteiger charge is 2.27. The number of thioether (sulfide) groups is 1. The zero-order valence-electron chi connectivity index (χ0n) is 16.8. The highest BCUT2D eigenvalue weighted by atomic mass is 32.2. The molecule has 1 aromatic heterocycles. The Balaban J connectivity index is 1.85. The molecule has 0 spiro atoms. The zero-order chi connectivity index (χ0) is 21.3. The Morgan fingerprint density at radius 1 is 1.10 bits per heavy atom. The molecule has 7 heteroatoms. The molecule has 0 saturated heterocycles. The Bertz CT molecular complexity index is 1180. The lowest BCUT2D eigenvalue weighted by Gasteiger charge is -2.18. The van der Waals surface area contributed by atoms with Gasteiger partial charge in [0, 0.05) is 22.6 Å². The Kier molecular flexibility index (Phi) is 5.55. The Morgan fingerprint density at radius 3 is 2.60 bits per heavy atom. The summed E-state index contributed by atoms with van der Waals surface area (Å²) in [5, 5.41) is 10.4. The van der Waals surface area contributed by atoms with Crippen LogP contribution in [0, 0.1) is 6.92 Å². The van der Waals surface area contributed by atoms with Gasteiger partial charge < -0.3 is 19.0 Å². The Labute approximate surface area is 178 Å². The lowest BCUT2D eigenvalue weighted by atomic mass is 10.0. The number of aryl methyl sites for hydroxylation is 1. The second kappa shape index (κ2) is 8.28. The fourth-order valence-electron chi connectivity index (χ4n) is 3.47. The van der Waals surface area contributed by atoms with Gasteiger partial charge in [0.05, 0.1) is 25.6 Å². The minimum absolute atomic E-state index is 0.0627. The molecule has 1 atom stereocenters. The maximum absolute atomic E-state index is 12.6. The fourth-order valence-corrected chi connectivity index (χ4v) is 4.69. The molecule has 0 saturated carbocycles. The van der Waals surface area contributed by atoms with Crippen LogP contribution in [0.3, 0.4) is 0 Å². The zero-order valence-corrected chi connectivity index (χ0v) is 17.7. The molecular weight excluding hydrogens is 402 g/mol. The minimum atomic E-state index is -0.596. The first-order valence-corrected chi connectivity index (χ1v) is 10.3. The second-order valence-corrected chi connectivity index (χ2v) is 8.10. The number of hydrogen-bond donors (Lipinski definition) is 1. The van der Waals surface area contributed by atoms with E-state index in [0.717, 1.165) is 16.1 Å². The first-order chi connectivity index (χ1) is 14.5. The van der Waals surface area contributed by atoms with Crippen LogP contribution in [0.25, 0.3) is 0 Å². The van der Waals surface area contributed by atoms with Gasteiger partial charge in [-0.2, -0.15) is 0 Å². The van der Waals surface area contributed by atoms with Crippen LogP contribution in [0.4, 0.5) is 5.69 Å². The minimum Gasteiger partial charge on any atom is -0.507 e. The summed E-state index contributed by atoms with van der Waals surface area (Å²) in [7, 11) is 3.19. The van der Waals surface area contributed by atoms with Crippen molar-refractivity contribution < 1.29 is 19.0 Å². The van der Waals surface area contributed by atoms with Crippen LogP contribution in [-0.4, -0.2) is 25.0 Å². The van der Waals surface area contributed by atoms with E-state index in [1.165, 1.54) is 6.07 Å². The second-order valence-electron chi connectivity index (χ2n) is 6.86. The third kappa shape index (κ3) is 3.80. The van der Waals surface area contributed by atoms with Crippen LogP contribution < -0.4 is 15.1 Å². The van der Waals surface area contributed by atoms with Gasteiger partial charge >= 0.3 is 5.63 Å². The van der Waals surface area contributed by atoms with Crippen LogP contribution >= 0.6 is 11.8 Å². The summed E-state index contributed by atoms with van der Waals surface area (Å²) < 4.78 is 16.1. The van der Waals surface area contributed by atoms with Crippen molar-refractivity contribution >= 4 is 23.2 Å². The number of rotatable bonds is 4. The maximum atomic E-state index is 12.6. The van der Waals surface area contributed by atoms with Gasteiger partial charge in [0.25, 0.3) is 0 Å². The van der Waals surface area contributed by atoms with E-state index >= 15 is 0 Å². The van der Waals surface area contributed by atoms with Crippen LogP contribution in [-0.2, 0) is 0 Å². The molecule has 6 nitrogen and oxygen atoms in total. The van der Waals surface area contributed by atoms with Crippen molar-refractivity contribution in [2.45, 2.75) is 23.5 Å². The summed E-state index contributed by atoms with van der Waals surface area (Å²) >= 11 is 1.65. The molecule has 2 heterocycles. The molecule has 0 fully saturated rings. The van der Waals surface area contributed by atoms with Crippen molar-refractivity contribution in [2.75, 3.05) is 14.2 Å². The lowest BCUT2D eigenvalue weighted by molar-refractivity contribution is 0.354. The van der Waals surface area contributed by atoms with E-state index in [4.69, 9.17) is 18.9 Å². The summed E-state index contributed by atoms with van der Waals surface area (Å²) in [6.45, 7) is 1.62. The van der Waals surface area contributed by atoms with Crippen LogP contribution in [0.5, 0.6) is 17.2 Å². The van der Waals surface area contributed by atoms with E-state index in [2.05, 4.69) is 0 Å². The SMILES string of the molecule is COc1ccc([C@H]2CC(c3c(O)cc(C)oc3=O)=Nc3ccccc3S2)cc1OC. The summed E-state index contributed by atoms with van der Waals surface area (Å²) in [6.07, 6.45) is 0.427. The number of aliphatic imine (C=N–C) groups is 1. The Hall–Kier alpha value is -3.19. The average Bonchev–Trinajstić information content (AvgIpc) is 2.92. The van der Waals surface area contributed by atoms with Gasteiger partial charge in [-0.1, -0.05) is 18.2 Å². The Morgan fingerprint density at radius 2 is 1.87 bits per heavy atom. The largest absolute Gasteiger partial charge is 0.507 e. The molecular formula is C23H21NO5S. The number of methoxy groups -OCH3 is 2. The van der Waals surface area contributed by atoms with Crippen molar-refractivity contribution in [1.29, 1.82) is 0 Å². The van der Waals surface area contributed by atoms with Crippen LogP contribution in [0.2, 0.25) is 0 Å². The van der Waals surface area contributed by atoms with Crippen LogP contribution in [0.15, 0.2) is 67.6 Å². The molecule has 0 bridgehead atoms. The third-order valence-electron chi connectivity index (χ3n) is 4.89. The molecule has 0 unspecified atom stereocenters. The van der Waals surface area contributed by atoms with Crippen molar-refractivity contribution in [1.82, 2.24) is 0 Å². The fraction of sp³-hybridized carbons (Fsp3) is 0.217. The van der Waals surface area contributed by atoms with E-state index in [9.17, 15) is 9.90 Å². The van der Waals surface area contributed by atoms with E-state index in [1.807, 2.05) is 42.5 Å². The van der Waals surface area contributed by atoms with Crippen molar-refractivity contribution in [2.24, 2.45) is 4.99 Å². The molecule has 0 radical (unpaired) electrons. The van der Waals surface area contributed by atoms with Gasteiger partial charge in [0.1, 0.15) is 17.1 Å². The third-order valence-corrected chi connectivity index (χ3v) is 6.21. The highest BCUT2D eigenvalue weighted by Crippen LogP contribution is 2.47. The summed E-state index contributed by atoms with van der Waals surface area (Å²) in [5.41, 5.74) is 1.74. The molecule has 1 N–H and O–H groups in total. The normalized spacial score (nSPS) is 15.7. The van der Waals surface area contributed by atoms with Gasteiger partial charge in [-0.05, 0) is 36.8 Å². The van der Waals surface area contributed by atoms with E-state index < -0.39 is 5.63 Å². The monoisotopic (exact) mass is 423 g/mol. The average molecular weight is 423 g/mol. The van der Waals surface area contributed by atoms with Gasteiger partial charge in [-0.3, -0.25) is 4.99 Å². The first kappa shape index (κ1) is 20.1. The quantitative estimate of drug-likeness (QED) is 0.634. The molecule has 0 amide bonds.